The first-order valence-electron chi connectivity index (χ1n) is 5.27. The fraction of sp³-hybridized carbons (Fsp3) is 1.00. The number of hydrogen-bond donors (Lipinski definition) is 1. The molecule has 1 spiro atoms. The van der Waals surface area contributed by atoms with Crippen molar-refractivity contribution < 1.29 is 9.47 Å². The highest BCUT2D eigenvalue weighted by atomic mass is 16.5. The Labute approximate surface area is 79.6 Å². The third-order valence-corrected chi connectivity index (χ3v) is 3.20. The van der Waals surface area contributed by atoms with E-state index in [9.17, 15) is 0 Å². The molecule has 1 saturated heterocycles. The molecule has 2 aliphatic rings. The van der Waals surface area contributed by atoms with Crippen LogP contribution in [0.25, 0.3) is 0 Å². The minimum absolute atomic E-state index is 0.157. The van der Waals surface area contributed by atoms with E-state index in [0.717, 1.165) is 25.9 Å². The zero-order valence-electron chi connectivity index (χ0n) is 8.29. The largest absolute Gasteiger partial charge is 0.378 e. The lowest BCUT2D eigenvalue weighted by atomic mass is 9.75. The fourth-order valence-corrected chi connectivity index (χ4v) is 2.49. The average molecular weight is 185 g/mol. The van der Waals surface area contributed by atoms with Gasteiger partial charge in [-0.05, 0) is 19.8 Å². The Morgan fingerprint density at radius 1 is 1.54 bits per heavy atom. The topological polar surface area (TPSA) is 44.5 Å². The molecule has 1 aliphatic carbocycles. The Balaban J connectivity index is 1.78. The summed E-state index contributed by atoms with van der Waals surface area (Å²) in [6.45, 7) is 3.53. The van der Waals surface area contributed by atoms with Gasteiger partial charge in [0.2, 0.25) is 0 Å². The SMILES string of the molecule is CCOC1CC2(CCC(CN)O2)C1. The zero-order chi connectivity index (χ0) is 9.31. The van der Waals surface area contributed by atoms with Gasteiger partial charge in [0.15, 0.2) is 0 Å². The second-order valence-corrected chi connectivity index (χ2v) is 4.18. The normalized spacial score (nSPS) is 43.8. The first-order chi connectivity index (χ1) is 6.28. The van der Waals surface area contributed by atoms with Crippen LogP contribution in [0.4, 0.5) is 0 Å². The van der Waals surface area contributed by atoms with Crippen molar-refractivity contribution in [1.82, 2.24) is 0 Å². The van der Waals surface area contributed by atoms with Crippen molar-refractivity contribution in [1.29, 1.82) is 0 Å². The van der Waals surface area contributed by atoms with Gasteiger partial charge in [-0.3, -0.25) is 0 Å². The quantitative estimate of drug-likeness (QED) is 0.715. The van der Waals surface area contributed by atoms with Crippen LogP contribution in [0.5, 0.6) is 0 Å². The molecule has 13 heavy (non-hydrogen) atoms. The minimum atomic E-state index is 0.157. The van der Waals surface area contributed by atoms with Gasteiger partial charge >= 0.3 is 0 Å². The van der Waals surface area contributed by atoms with Crippen LogP contribution in [0.2, 0.25) is 0 Å². The van der Waals surface area contributed by atoms with E-state index < -0.39 is 0 Å². The van der Waals surface area contributed by atoms with Crippen molar-refractivity contribution in [3.05, 3.63) is 0 Å². The molecule has 1 unspecified atom stereocenters. The lowest BCUT2D eigenvalue weighted by molar-refractivity contribution is -0.161. The highest BCUT2D eigenvalue weighted by molar-refractivity contribution is 5.01. The van der Waals surface area contributed by atoms with Gasteiger partial charge in [0.1, 0.15) is 0 Å². The maximum Gasteiger partial charge on any atom is 0.0737 e. The van der Waals surface area contributed by atoms with Gasteiger partial charge in [-0.1, -0.05) is 0 Å². The van der Waals surface area contributed by atoms with Crippen molar-refractivity contribution in [3.8, 4) is 0 Å². The summed E-state index contributed by atoms with van der Waals surface area (Å²) < 4.78 is 11.4. The van der Waals surface area contributed by atoms with Crippen LogP contribution >= 0.6 is 0 Å². The van der Waals surface area contributed by atoms with Crippen LogP contribution in [0, 0.1) is 0 Å². The van der Waals surface area contributed by atoms with Gasteiger partial charge in [-0.2, -0.15) is 0 Å². The molecule has 1 saturated carbocycles. The van der Waals surface area contributed by atoms with E-state index in [0.29, 0.717) is 18.8 Å². The minimum Gasteiger partial charge on any atom is -0.378 e. The monoisotopic (exact) mass is 185 g/mol. The second-order valence-electron chi connectivity index (χ2n) is 4.18. The summed E-state index contributed by atoms with van der Waals surface area (Å²) in [5.41, 5.74) is 5.73. The summed E-state index contributed by atoms with van der Waals surface area (Å²) >= 11 is 0. The van der Waals surface area contributed by atoms with E-state index >= 15 is 0 Å². The van der Waals surface area contributed by atoms with Gasteiger partial charge in [0, 0.05) is 26.0 Å². The van der Waals surface area contributed by atoms with Crippen LogP contribution < -0.4 is 5.73 Å². The van der Waals surface area contributed by atoms with Crippen molar-refractivity contribution in [2.45, 2.75) is 50.4 Å². The predicted molar refractivity (Wildman–Crippen MR) is 50.5 cm³/mol. The first-order valence-corrected chi connectivity index (χ1v) is 5.27. The van der Waals surface area contributed by atoms with Gasteiger partial charge in [0.25, 0.3) is 0 Å². The van der Waals surface area contributed by atoms with Crippen LogP contribution in [0.15, 0.2) is 0 Å². The van der Waals surface area contributed by atoms with Gasteiger partial charge in [-0.15, -0.1) is 0 Å². The summed E-state index contributed by atoms with van der Waals surface area (Å²) in [6.07, 6.45) is 5.23. The molecule has 1 atom stereocenters. The summed E-state index contributed by atoms with van der Waals surface area (Å²) in [4.78, 5) is 0. The van der Waals surface area contributed by atoms with E-state index in [1.54, 1.807) is 0 Å². The molecule has 3 nitrogen and oxygen atoms in total. The summed E-state index contributed by atoms with van der Waals surface area (Å²) in [5, 5.41) is 0. The molecule has 0 aromatic rings. The van der Waals surface area contributed by atoms with Crippen molar-refractivity contribution in [3.63, 3.8) is 0 Å². The Kier molecular flexibility index (Phi) is 2.58. The molecule has 1 heterocycles. The maximum absolute atomic E-state index is 5.91. The molecule has 2 N–H and O–H groups in total. The highest BCUT2D eigenvalue weighted by Gasteiger charge is 2.50. The molecule has 0 aromatic heterocycles. The molecule has 0 bridgehead atoms. The van der Waals surface area contributed by atoms with Crippen molar-refractivity contribution in [2.75, 3.05) is 13.2 Å². The molecule has 0 radical (unpaired) electrons. The summed E-state index contributed by atoms with van der Waals surface area (Å²) in [6, 6.07) is 0. The molecular weight excluding hydrogens is 166 g/mol. The van der Waals surface area contributed by atoms with E-state index in [4.69, 9.17) is 15.2 Å². The lowest BCUT2D eigenvalue weighted by Crippen LogP contribution is -2.48. The molecule has 0 aromatic carbocycles. The molecule has 0 amide bonds. The molecule has 2 rings (SSSR count). The number of nitrogens with two attached hydrogens (primary N) is 1. The second kappa shape index (κ2) is 3.56. The van der Waals surface area contributed by atoms with Crippen molar-refractivity contribution >= 4 is 0 Å². The van der Waals surface area contributed by atoms with E-state index in [2.05, 4.69) is 0 Å². The number of ether oxygens (including phenoxy) is 2. The molecule has 2 fully saturated rings. The van der Waals surface area contributed by atoms with Crippen LogP contribution in [-0.2, 0) is 9.47 Å². The molecule has 3 heteroatoms. The Morgan fingerprint density at radius 2 is 2.31 bits per heavy atom. The number of rotatable bonds is 3. The smallest absolute Gasteiger partial charge is 0.0737 e. The zero-order valence-corrected chi connectivity index (χ0v) is 8.29. The third kappa shape index (κ3) is 1.73. The Hall–Kier alpha value is -0.120. The predicted octanol–water partition coefficient (Wildman–Crippen LogP) is 1.06. The Morgan fingerprint density at radius 3 is 2.85 bits per heavy atom. The molecule has 1 aliphatic heterocycles. The third-order valence-electron chi connectivity index (χ3n) is 3.20. The fourth-order valence-electron chi connectivity index (χ4n) is 2.49. The molecular formula is C10H19NO2. The van der Waals surface area contributed by atoms with Crippen LogP contribution in [-0.4, -0.2) is 31.0 Å². The standard InChI is InChI=1S/C10H19NO2/c1-2-12-9-5-10(6-9)4-3-8(7-11)13-10/h8-9H,2-7,11H2,1H3. The van der Waals surface area contributed by atoms with E-state index in [1.165, 1.54) is 6.42 Å². The first kappa shape index (κ1) is 9.44. The molecule has 76 valence electrons. The van der Waals surface area contributed by atoms with Crippen molar-refractivity contribution in [2.24, 2.45) is 5.73 Å². The van der Waals surface area contributed by atoms with Gasteiger partial charge in [-0.25, -0.2) is 0 Å². The van der Waals surface area contributed by atoms with Crippen LogP contribution in [0.3, 0.4) is 0 Å². The van der Waals surface area contributed by atoms with Gasteiger partial charge < -0.3 is 15.2 Å². The van der Waals surface area contributed by atoms with E-state index in [1.807, 2.05) is 6.92 Å². The van der Waals surface area contributed by atoms with Gasteiger partial charge in [0.05, 0.1) is 17.8 Å². The average Bonchev–Trinajstić information content (AvgIpc) is 2.48. The highest BCUT2D eigenvalue weighted by Crippen LogP contribution is 2.46. The number of hydrogen-bond acceptors (Lipinski definition) is 3. The lowest BCUT2D eigenvalue weighted by Gasteiger charge is -2.44. The summed E-state index contributed by atoms with van der Waals surface area (Å²) in [7, 11) is 0. The Bertz CT molecular complexity index is 178. The maximum atomic E-state index is 5.91. The summed E-state index contributed by atoms with van der Waals surface area (Å²) in [5.74, 6) is 0. The van der Waals surface area contributed by atoms with E-state index in [-0.39, 0.29) is 5.60 Å². The van der Waals surface area contributed by atoms with Crippen LogP contribution in [0.1, 0.15) is 32.6 Å².